The Kier molecular flexibility index (Phi) is 2.75. The molecule has 3 nitrogen and oxygen atoms in total. The van der Waals surface area contributed by atoms with Gasteiger partial charge in [0.1, 0.15) is 0 Å². The quantitative estimate of drug-likeness (QED) is 0.786. The van der Waals surface area contributed by atoms with Gasteiger partial charge in [0.15, 0.2) is 0 Å². The van der Waals surface area contributed by atoms with Crippen molar-refractivity contribution in [1.29, 1.82) is 0 Å². The number of ether oxygens (including phenoxy) is 1. The minimum atomic E-state index is -0.384. The number of hydrogen-bond donors (Lipinski definition) is 1. The lowest BCUT2D eigenvalue weighted by Crippen LogP contribution is -2.47. The molecule has 2 aliphatic carbocycles. The van der Waals surface area contributed by atoms with Gasteiger partial charge in [-0.2, -0.15) is 0 Å². The third kappa shape index (κ3) is 1.72. The second kappa shape index (κ2) is 4.20. The highest BCUT2D eigenvalue weighted by molar-refractivity contribution is 5.49. The van der Waals surface area contributed by atoms with Gasteiger partial charge < -0.3 is 10.5 Å². The molecule has 1 aromatic rings. The van der Waals surface area contributed by atoms with Crippen LogP contribution in [0.3, 0.4) is 0 Å². The zero-order chi connectivity index (χ0) is 13.6. The smallest absolute Gasteiger partial charge is 0.213 e. The lowest BCUT2D eigenvalue weighted by atomic mass is 9.63. The van der Waals surface area contributed by atoms with Gasteiger partial charge in [-0.25, -0.2) is 4.98 Å². The van der Waals surface area contributed by atoms with Crippen LogP contribution >= 0.6 is 0 Å². The standard InChI is InChI=1S/C16H20N2O/c1-4-12-11-7-10(2)9-16(12,17)13-5-6-15(19-3)18-14(13)8-11/h4-7,11H,8-9,17H2,1-3H3/b12-4+/t11-,16+/m0/s1. The largest absolute Gasteiger partial charge is 0.481 e. The molecule has 0 spiro atoms. The Bertz CT molecular complexity index is 588. The summed E-state index contributed by atoms with van der Waals surface area (Å²) in [6, 6.07) is 3.99. The van der Waals surface area contributed by atoms with Gasteiger partial charge in [0.05, 0.1) is 18.3 Å². The molecular weight excluding hydrogens is 236 g/mol. The fraction of sp³-hybridized carbons (Fsp3) is 0.438. The minimum absolute atomic E-state index is 0.384. The number of allylic oxidation sites excluding steroid dienone is 2. The molecule has 0 aromatic carbocycles. The second-order valence-electron chi connectivity index (χ2n) is 5.56. The maximum atomic E-state index is 6.76. The van der Waals surface area contributed by atoms with Crippen LogP contribution < -0.4 is 10.5 Å². The Labute approximate surface area is 114 Å². The molecule has 1 heterocycles. The van der Waals surface area contributed by atoms with Gasteiger partial charge in [0.2, 0.25) is 5.88 Å². The molecule has 2 atom stereocenters. The summed E-state index contributed by atoms with van der Waals surface area (Å²) in [5.41, 5.74) is 11.3. The summed E-state index contributed by atoms with van der Waals surface area (Å²) < 4.78 is 5.23. The van der Waals surface area contributed by atoms with Crippen molar-refractivity contribution in [2.75, 3.05) is 7.11 Å². The van der Waals surface area contributed by atoms with E-state index >= 15 is 0 Å². The van der Waals surface area contributed by atoms with Crippen molar-refractivity contribution in [1.82, 2.24) is 4.98 Å². The number of nitrogens with two attached hydrogens (primary N) is 1. The summed E-state index contributed by atoms with van der Waals surface area (Å²) in [4.78, 5) is 4.59. The topological polar surface area (TPSA) is 48.1 Å². The predicted octanol–water partition coefficient (Wildman–Crippen LogP) is 2.71. The van der Waals surface area contributed by atoms with Crippen molar-refractivity contribution in [3.8, 4) is 5.88 Å². The molecule has 0 saturated heterocycles. The van der Waals surface area contributed by atoms with Crippen molar-refractivity contribution < 1.29 is 4.74 Å². The van der Waals surface area contributed by atoms with E-state index in [-0.39, 0.29) is 5.54 Å². The zero-order valence-corrected chi connectivity index (χ0v) is 11.7. The highest BCUT2D eigenvalue weighted by atomic mass is 16.5. The van der Waals surface area contributed by atoms with Crippen LogP contribution in [0.1, 0.15) is 31.5 Å². The Morgan fingerprint density at radius 3 is 2.95 bits per heavy atom. The number of nitrogens with zero attached hydrogens (tertiary/aromatic N) is 1. The van der Waals surface area contributed by atoms with E-state index in [2.05, 4.69) is 37.0 Å². The van der Waals surface area contributed by atoms with Crippen LogP contribution in [0.5, 0.6) is 5.88 Å². The van der Waals surface area contributed by atoms with Crippen LogP contribution in [0, 0.1) is 5.92 Å². The summed E-state index contributed by atoms with van der Waals surface area (Å²) in [5.74, 6) is 1.06. The maximum absolute atomic E-state index is 6.76. The normalized spacial score (nSPS) is 30.8. The van der Waals surface area contributed by atoms with Gasteiger partial charge in [-0.05, 0) is 37.5 Å². The Hall–Kier alpha value is -1.61. The van der Waals surface area contributed by atoms with Crippen molar-refractivity contribution >= 4 is 0 Å². The van der Waals surface area contributed by atoms with E-state index in [0.717, 1.165) is 24.1 Å². The summed E-state index contributed by atoms with van der Waals surface area (Å²) in [5, 5.41) is 0. The summed E-state index contributed by atoms with van der Waals surface area (Å²) in [6.45, 7) is 4.25. The SMILES string of the molecule is C/C=C1\[C@H]2C=C(C)C[C@]1(N)c1ccc(OC)nc1C2. The van der Waals surface area contributed by atoms with Gasteiger partial charge in [-0.3, -0.25) is 0 Å². The van der Waals surface area contributed by atoms with Crippen LogP contribution in [0.15, 0.2) is 35.4 Å². The van der Waals surface area contributed by atoms with Crippen molar-refractivity contribution in [2.24, 2.45) is 11.7 Å². The Morgan fingerprint density at radius 2 is 2.26 bits per heavy atom. The van der Waals surface area contributed by atoms with E-state index in [4.69, 9.17) is 10.5 Å². The highest BCUT2D eigenvalue weighted by Crippen LogP contribution is 2.48. The molecule has 0 aliphatic heterocycles. The van der Waals surface area contributed by atoms with Crippen molar-refractivity contribution in [2.45, 2.75) is 32.2 Å². The van der Waals surface area contributed by atoms with Gasteiger partial charge >= 0.3 is 0 Å². The molecule has 0 fully saturated rings. The van der Waals surface area contributed by atoms with E-state index in [1.165, 1.54) is 11.1 Å². The number of rotatable bonds is 1. The van der Waals surface area contributed by atoms with Crippen molar-refractivity contribution in [3.63, 3.8) is 0 Å². The molecule has 0 radical (unpaired) electrons. The monoisotopic (exact) mass is 256 g/mol. The number of aromatic nitrogens is 1. The first kappa shape index (κ1) is 12.4. The lowest BCUT2D eigenvalue weighted by Gasteiger charge is -2.45. The Morgan fingerprint density at radius 1 is 1.47 bits per heavy atom. The molecule has 2 N–H and O–H groups in total. The van der Waals surface area contributed by atoms with Gasteiger partial charge in [0, 0.05) is 18.4 Å². The third-order valence-corrected chi connectivity index (χ3v) is 4.32. The first-order valence-corrected chi connectivity index (χ1v) is 6.75. The van der Waals surface area contributed by atoms with E-state index in [1.54, 1.807) is 7.11 Å². The zero-order valence-electron chi connectivity index (χ0n) is 11.7. The molecule has 0 saturated carbocycles. The van der Waals surface area contributed by atoms with Gasteiger partial charge in [-0.15, -0.1) is 0 Å². The first-order valence-electron chi connectivity index (χ1n) is 6.75. The molecule has 3 rings (SSSR count). The molecule has 19 heavy (non-hydrogen) atoms. The number of fused-ring (bicyclic) bond motifs is 4. The average Bonchev–Trinajstić information content (AvgIpc) is 2.37. The number of pyridine rings is 1. The van der Waals surface area contributed by atoms with Gasteiger partial charge in [0.25, 0.3) is 0 Å². The molecule has 100 valence electrons. The molecule has 0 amide bonds. The number of hydrogen-bond acceptors (Lipinski definition) is 3. The molecule has 2 aliphatic rings. The molecular formula is C16H20N2O. The summed E-state index contributed by atoms with van der Waals surface area (Å²) in [7, 11) is 1.65. The average molecular weight is 256 g/mol. The van der Waals surface area contributed by atoms with E-state index < -0.39 is 0 Å². The second-order valence-corrected chi connectivity index (χ2v) is 5.56. The molecule has 3 heteroatoms. The van der Waals surface area contributed by atoms with Crippen LogP contribution in [0.2, 0.25) is 0 Å². The van der Waals surface area contributed by atoms with Crippen LogP contribution in [0.25, 0.3) is 0 Å². The van der Waals surface area contributed by atoms with Crippen LogP contribution in [-0.2, 0) is 12.0 Å². The third-order valence-electron chi connectivity index (χ3n) is 4.32. The van der Waals surface area contributed by atoms with Crippen LogP contribution in [-0.4, -0.2) is 12.1 Å². The maximum Gasteiger partial charge on any atom is 0.213 e. The van der Waals surface area contributed by atoms with E-state index in [1.807, 2.05) is 6.07 Å². The van der Waals surface area contributed by atoms with Gasteiger partial charge in [-0.1, -0.05) is 17.7 Å². The fourth-order valence-electron chi connectivity index (χ4n) is 3.62. The summed E-state index contributed by atoms with van der Waals surface area (Å²) >= 11 is 0. The fourth-order valence-corrected chi connectivity index (χ4v) is 3.62. The Balaban J connectivity index is 2.20. The lowest BCUT2D eigenvalue weighted by molar-refractivity contribution is 0.380. The molecule has 2 bridgehead atoms. The van der Waals surface area contributed by atoms with Crippen molar-refractivity contribution in [3.05, 3.63) is 46.7 Å². The predicted molar refractivity (Wildman–Crippen MR) is 76.0 cm³/mol. The van der Waals surface area contributed by atoms with Crippen LogP contribution in [0.4, 0.5) is 0 Å². The molecule has 1 aromatic heterocycles. The van der Waals surface area contributed by atoms with E-state index in [0.29, 0.717) is 11.8 Å². The summed E-state index contributed by atoms with van der Waals surface area (Å²) in [6.07, 6.45) is 6.32. The first-order chi connectivity index (χ1) is 9.08. The number of methoxy groups -OCH3 is 1. The van der Waals surface area contributed by atoms with E-state index in [9.17, 15) is 0 Å². The highest BCUT2D eigenvalue weighted by Gasteiger charge is 2.44. The molecule has 0 unspecified atom stereocenters. The minimum Gasteiger partial charge on any atom is -0.481 e.